The molecule has 28 heavy (non-hydrogen) atoms. The number of hydrogen-bond acceptors (Lipinski definition) is 4. The van der Waals surface area contributed by atoms with Crippen LogP contribution in [-0.2, 0) is 10.4 Å². The average Bonchev–Trinajstić information content (AvgIpc) is 3.20. The van der Waals surface area contributed by atoms with Crippen LogP contribution in [0, 0.1) is 6.92 Å². The molecule has 1 amide bonds. The summed E-state index contributed by atoms with van der Waals surface area (Å²) >= 11 is 0. The van der Waals surface area contributed by atoms with E-state index in [1.54, 1.807) is 17.2 Å². The van der Waals surface area contributed by atoms with Gasteiger partial charge in [-0.3, -0.25) is 9.59 Å². The van der Waals surface area contributed by atoms with Crippen molar-refractivity contribution in [3.05, 3.63) is 65.4 Å². The van der Waals surface area contributed by atoms with Crippen LogP contribution in [0.25, 0.3) is 10.9 Å². The molecule has 0 radical (unpaired) electrons. The number of rotatable bonds is 6. The minimum absolute atomic E-state index is 0.276. The second-order valence-electron chi connectivity index (χ2n) is 7.33. The molecular formula is C22H23N3O3. The number of benzene rings is 2. The summed E-state index contributed by atoms with van der Waals surface area (Å²) in [5, 5.41) is 12.2. The maximum Gasteiger partial charge on any atom is 0.264 e. The molecule has 4 rings (SSSR count). The lowest BCUT2D eigenvalue weighted by Gasteiger charge is -2.22. The van der Waals surface area contributed by atoms with Crippen LogP contribution in [0.2, 0.25) is 0 Å². The molecule has 1 atom stereocenters. The normalized spacial score (nSPS) is 18.7. The first-order chi connectivity index (χ1) is 13.5. The van der Waals surface area contributed by atoms with Crippen molar-refractivity contribution in [2.24, 2.45) is 5.73 Å². The fourth-order valence-corrected chi connectivity index (χ4v) is 3.94. The van der Waals surface area contributed by atoms with Gasteiger partial charge in [-0.1, -0.05) is 35.9 Å². The van der Waals surface area contributed by atoms with E-state index in [9.17, 15) is 14.7 Å². The van der Waals surface area contributed by atoms with Crippen molar-refractivity contribution < 1.29 is 14.7 Å². The largest absolute Gasteiger partial charge is 0.375 e. The number of carbonyl (C=O) groups is 2. The van der Waals surface area contributed by atoms with Crippen molar-refractivity contribution in [2.45, 2.75) is 25.4 Å². The van der Waals surface area contributed by atoms with Gasteiger partial charge >= 0.3 is 0 Å². The van der Waals surface area contributed by atoms with Gasteiger partial charge in [-0.15, -0.1) is 0 Å². The summed E-state index contributed by atoms with van der Waals surface area (Å²) in [7, 11) is 0. The summed E-state index contributed by atoms with van der Waals surface area (Å²) in [6.07, 6.45) is 1.95. The van der Waals surface area contributed by atoms with Crippen molar-refractivity contribution in [1.29, 1.82) is 0 Å². The fourth-order valence-electron chi connectivity index (χ4n) is 3.94. The quantitative estimate of drug-likeness (QED) is 0.575. The maximum atomic E-state index is 13.1. The zero-order valence-corrected chi connectivity index (χ0v) is 15.7. The van der Waals surface area contributed by atoms with E-state index in [4.69, 9.17) is 5.73 Å². The van der Waals surface area contributed by atoms with Gasteiger partial charge in [0.15, 0.2) is 11.4 Å². The van der Waals surface area contributed by atoms with Crippen LogP contribution in [0.3, 0.4) is 0 Å². The summed E-state index contributed by atoms with van der Waals surface area (Å²) in [6.45, 7) is 2.75. The molecule has 1 unspecified atom stereocenters. The Labute approximate surface area is 163 Å². The number of aromatic nitrogens is 1. The Morgan fingerprint density at radius 2 is 2.04 bits per heavy atom. The number of H-pyrrole nitrogens is 1. The molecule has 0 spiro atoms. The summed E-state index contributed by atoms with van der Waals surface area (Å²) in [6, 6.07) is 13.0. The topological polar surface area (TPSA) is 99.4 Å². The summed E-state index contributed by atoms with van der Waals surface area (Å²) in [5.74, 6) is -0.740. The molecule has 0 aliphatic carbocycles. The van der Waals surface area contributed by atoms with Crippen LogP contribution in [-0.4, -0.2) is 34.9 Å². The SMILES string of the molecule is Cc1ccc2c(c1)C(O)(CC(=O)c1c[nH]c3ccccc13)C(=O)N2CCCN. The van der Waals surface area contributed by atoms with Crippen LogP contribution >= 0.6 is 0 Å². The number of carbonyl (C=O) groups excluding carboxylic acids is 2. The molecule has 0 fully saturated rings. The predicted octanol–water partition coefficient (Wildman–Crippen LogP) is 2.63. The van der Waals surface area contributed by atoms with Gasteiger partial charge < -0.3 is 20.7 Å². The number of amides is 1. The van der Waals surface area contributed by atoms with Crippen molar-refractivity contribution in [3.63, 3.8) is 0 Å². The molecule has 4 N–H and O–H groups in total. The van der Waals surface area contributed by atoms with E-state index in [1.807, 2.05) is 43.3 Å². The fraction of sp³-hybridized carbons (Fsp3) is 0.273. The van der Waals surface area contributed by atoms with Crippen LogP contribution in [0.1, 0.15) is 34.3 Å². The minimum Gasteiger partial charge on any atom is -0.375 e. The predicted molar refractivity (Wildman–Crippen MR) is 108 cm³/mol. The van der Waals surface area contributed by atoms with Crippen molar-refractivity contribution >= 4 is 28.3 Å². The first kappa shape index (κ1) is 18.4. The molecule has 144 valence electrons. The van der Waals surface area contributed by atoms with Gasteiger partial charge in [0.1, 0.15) is 0 Å². The number of hydrogen-bond donors (Lipinski definition) is 3. The average molecular weight is 377 g/mol. The van der Waals surface area contributed by atoms with E-state index < -0.39 is 11.5 Å². The lowest BCUT2D eigenvalue weighted by atomic mass is 9.87. The highest BCUT2D eigenvalue weighted by Gasteiger charge is 2.50. The van der Waals surface area contributed by atoms with Crippen LogP contribution < -0.4 is 10.6 Å². The third-order valence-corrected chi connectivity index (χ3v) is 5.38. The van der Waals surface area contributed by atoms with E-state index in [1.165, 1.54) is 0 Å². The Morgan fingerprint density at radius 1 is 1.25 bits per heavy atom. The van der Waals surface area contributed by atoms with E-state index in [-0.39, 0.29) is 12.2 Å². The molecular weight excluding hydrogens is 354 g/mol. The zero-order chi connectivity index (χ0) is 19.9. The summed E-state index contributed by atoms with van der Waals surface area (Å²) in [4.78, 5) is 30.8. The van der Waals surface area contributed by atoms with E-state index >= 15 is 0 Å². The Hall–Kier alpha value is -2.96. The van der Waals surface area contributed by atoms with E-state index in [0.29, 0.717) is 36.3 Å². The van der Waals surface area contributed by atoms with Crippen LogP contribution in [0.5, 0.6) is 0 Å². The van der Waals surface area contributed by atoms with Crippen LogP contribution in [0.4, 0.5) is 5.69 Å². The number of nitrogens with two attached hydrogens (primary N) is 1. The molecule has 2 aromatic carbocycles. The lowest BCUT2D eigenvalue weighted by Crippen LogP contribution is -2.42. The standard InChI is InChI=1S/C22H23N3O3/c1-14-7-8-19-17(11-14)22(28,21(27)25(19)10-4-9-23)12-20(26)16-13-24-18-6-3-2-5-15(16)18/h2-3,5-8,11,13,24,28H,4,9-10,12,23H2,1H3. The molecule has 1 aliphatic heterocycles. The molecule has 1 aromatic heterocycles. The van der Waals surface area contributed by atoms with Gasteiger partial charge in [0, 0.05) is 34.8 Å². The van der Waals surface area contributed by atoms with Crippen molar-refractivity contribution in [1.82, 2.24) is 4.98 Å². The molecule has 6 heteroatoms. The number of Topliss-reactive ketones (excluding diaryl/α,β-unsaturated/α-hetero) is 1. The monoisotopic (exact) mass is 377 g/mol. The second-order valence-corrected chi connectivity index (χ2v) is 7.33. The first-order valence-electron chi connectivity index (χ1n) is 9.40. The van der Waals surface area contributed by atoms with Crippen molar-refractivity contribution in [3.8, 4) is 0 Å². The number of fused-ring (bicyclic) bond motifs is 2. The van der Waals surface area contributed by atoms with Gasteiger partial charge in [-0.2, -0.15) is 0 Å². The summed E-state index contributed by atoms with van der Waals surface area (Å²) in [5.41, 5.74) is 7.12. The molecule has 6 nitrogen and oxygen atoms in total. The zero-order valence-electron chi connectivity index (χ0n) is 15.7. The number of para-hydroxylation sites is 1. The highest BCUT2D eigenvalue weighted by Crippen LogP contribution is 2.43. The highest BCUT2D eigenvalue weighted by molar-refractivity contribution is 6.13. The van der Waals surface area contributed by atoms with Gasteiger partial charge in [0.25, 0.3) is 5.91 Å². The van der Waals surface area contributed by atoms with Crippen LogP contribution in [0.15, 0.2) is 48.7 Å². The molecule has 0 bridgehead atoms. The number of ketones is 1. The Balaban J connectivity index is 1.73. The Morgan fingerprint density at radius 3 is 2.82 bits per heavy atom. The van der Waals surface area contributed by atoms with Gasteiger partial charge in [-0.25, -0.2) is 0 Å². The van der Waals surface area contributed by atoms with E-state index in [2.05, 4.69) is 4.98 Å². The number of aliphatic hydroxyl groups is 1. The minimum atomic E-state index is -1.87. The van der Waals surface area contributed by atoms with Gasteiger partial charge in [0.2, 0.25) is 0 Å². The number of nitrogens with one attached hydrogen (secondary N) is 1. The second kappa shape index (κ2) is 6.89. The van der Waals surface area contributed by atoms with Gasteiger partial charge in [0.05, 0.1) is 12.1 Å². The lowest BCUT2D eigenvalue weighted by molar-refractivity contribution is -0.135. The number of nitrogens with zero attached hydrogens (tertiary/aromatic N) is 1. The number of anilines is 1. The maximum absolute atomic E-state index is 13.1. The molecule has 2 heterocycles. The highest BCUT2D eigenvalue weighted by atomic mass is 16.3. The van der Waals surface area contributed by atoms with Gasteiger partial charge in [-0.05, 0) is 32.0 Å². The Bertz CT molecular complexity index is 1070. The third kappa shape index (κ3) is 2.82. The first-order valence-corrected chi connectivity index (χ1v) is 9.40. The van der Waals surface area contributed by atoms with Crippen molar-refractivity contribution in [2.75, 3.05) is 18.0 Å². The number of aromatic amines is 1. The summed E-state index contributed by atoms with van der Waals surface area (Å²) < 4.78 is 0. The molecule has 0 saturated heterocycles. The number of aryl methyl sites for hydroxylation is 1. The molecule has 3 aromatic rings. The molecule has 1 aliphatic rings. The Kier molecular flexibility index (Phi) is 4.53. The smallest absolute Gasteiger partial charge is 0.264 e. The van der Waals surface area contributed by atoms with E-state index in [0.717, 1.165) is 16.5 Å². The third-order valence-electron chi connectivity index (χ3n) is 5.38. The molecule has 0 saturated carbocycles.